The second kappa shape index (κ2) is 10.7. The molecule has 0 aliphatic heterocycles. The Balaban J connectivity index is 1.81. The largest absolute Gasteiger partial charge is 0.444 e. The smallest absolute Gasteiger partial charge is 0.407 e. The van der Waals surface area contributed by atoms with Crippen LogP contribution in [0.25, 0.3) is 0 Å². The summed E-state index contributed by atoms with van der Waals surface area (Å²) in [5.41, 5.74) is 1.09. The Morgan fingerprint density at radius 1 is 1.06 bits per heavy atom. The summed E-state index contributed by atoms with van der Waals surface area (Å²) in [6.45, 7) is 9.41. The van der Waals surface area contributed by atoms with Crippen LogP contribution in [0.15, 0.2) is 59.3 Å². The molecule has 1 aromatic carbocycles. The predicted molar refractivity (Wildman–Crippen MR) is 122 cm³/mol. The van der Waals surface area contributed by atoms with Crippen molar-refractivity contribution >= 4 is 39.5 Å². The summed E-state index contributed by atoms with van der Waals surface area (Å²) in [6.07, 6.45) is -0.166. The van der Waals surface area contributed by atoms with E-state index in [9.17, 15) is 14.4 Å². The number of carbonyl (C=O) groups excluding carboxylic acids is 3. The number of aromatic nitrogens is 1. The molecule has 0 spiro atoms. The van der Waals surface area contributed by atoms with E-state index in [1.165, 1.54) is 0 Å². The van der Waals surface area contributed by atoms with Crippen molar-refractivity contribution in [3.05, 3.63) is 70.6 Å². The Morgan fingerprint density at radius 2 is 1.74 bits per heavy atom. The molecule has 2 aromatic rings. The van der Waals surface area contributed by atoms with Crippen molar-refractivity contribution in [2.24, 2.45) is 0 Å². The molecule has 0 aliphatic rings. The minimum atomic E-state index is -0.574. The molecule has 3 N–H and O–H groups in total. The van der Waals surface area contributed by atoms with Crippen molar-refractivity contribution in [1.29, 1.82) is 0 Å². The van der Waals surface area contributed by atoms with E-state index in [1.54, 1.807) is 63.2 Å². The lowest BCUT2D eigenvalue weighted by molar-refractivity contribution is 0.0528. The Hall–Kier alpha value is -3.20. The maximum Gasteiger partial charge on any atom is 0.407 e. The average molecular weight is 489 g/mol. The van der Waals surface area contributed by atoms with Gasteiger partial charge in [-0.25, -0.2) is 9.78 Å². The van der Waals surface area contributed by atoms with Crippen molar-refractivity contribution in [2.45, 2.75) is 32.8 Å². The van der Waals surface area contributed by atoms with Crippen LogP contribution in [0.5, 0.6) is 0 Å². The van der Waals surface area contributed by atoms with Gasteiger partial charge in [0.15, 0.2) is 0 Å². The first-order chi connectivity index (χ1) is 14.5. The molecule has 0 aliphatic carbocycles. The third-order valence-corrected chi connectivity index (χ3v) is 4.18. The van der Waals surface area contributed by atoms with E-state index in [4.69, 9.17) is 4.74 Å². The van der Waals surface area contributed by atoms with Crippen LogP contribution in [0.3, 0.4) is 0 Å². The number of pyridine rings is 1. The van der Waals surface area contributed by atoms with Gasteiger partial charge in [0.25, 0.3) is 11.8 Å². The fourth-order valence-corrected chi connectivity index (χ4v) is 2.70. The lowest BCUT2D eigenvalue weighted by Gasteiger charge is -2.19. The van der Waals surface area contributed by atoms with E-state index < -0.39 is 11.7 Å². The van der Waals surface area contributed by atoms with Crippen LogP contribution >= 0.6 is 15.9 Å². The molecule has 0 radical (unpaired) electrons. The third kappa shape index (κ3) is 8.59. The first-order valence-corrected chi connectivity index (χ1v) is 10.3. The summed E-state index contributed by atoms with van der Waals surface area (Å²) < 4.78 is 5.70. The minimum absolute atomic E-state index is 0.271. The van der Waals surface area contributed by atoms with E-state index >= 15 is 0 Å². The van der Waals surface area contributed by atoms with Crippen LogP contribution in [0.4, 0.5) is 10.5 Å². The van der Waals surface area contributed by atoms with E-state index in [1.807, 2.05) is 0 Å². The predicted octanol–water partition coefficient (Wildman–Crippen LogP) is 4.25. The summed E-state index contributed by atoms with van der Waals surface area (Å²) in [5.74, 6) is -0.696. The van der Waals surface area contributed by atoms with Crippen LogP contribution in [0.2, 0.25) is 0 Å². The highest BCUT2D eigenvalue weighted by Crippen LogP contribution is 2.13. The number of nitrogens with one attached hydrogen (secondary N) is 3. The highest BCUT2D eigenvalue weighted by atomic mass is 79.9. The molecule has 0 atom stereocenters. The van der Waals surface area contributed by atoms with Gasteiger partial charge in [0.2, 0.25) is 0 Å². The van der Waals surface area contributed by atoms with Crippen LogP contribution < -0.4 is 16.0 Å². The number of nitrogens with zero attached hydrogens (tertiary/aromatic N) is 1. The van der Waals surface area contributed by atoms with E-state index in [-0.39, 0.29) is 24.1 Å². The van der Waals surface area contributed by atoms with Crippen molar-refractivity contribution in [3.63, 3.8) is 0 Å². The van der Waals surface area contributed by atoms with Gasteiger partial charge in [-0.15, -0.1) is 0 Å². The van der Waals surface area contributed by atoms with E-state index in [0.29, 0.717) is 28.0 Å². The molecule has 8 nitrogen and oxygen atoms in total. The zero-order valence-electron chi connectivity index (χ0n) is 17.6. The number of anilines is 1. The molecular weight excluding hydrogens is 464 g/mol. The van der Waals surface area contributed by atoms with Crippen LogP contribution in [0.1, 0.15) is 48.0 Å². The van der Waals surface area contributed by atoms with Crippen LogP contribution in [0, 0.1) is 0 Å². The lowest BCUT2D eigenvalue weighted by Crippen LogP contribution is -2.34. The van der Waals surface area contributed by atoms with Gasteiger partial charge in [0.05, 0.1) is 0 Å². The summed E-state index contributed by atoms with van der Waals surface area (Å²) >= 11 is 3.23. The number of rotatable bonds is 7. The van der Waals surface area contributed by atoms with Gasteiger partial charge in [-0.3, -0.25) is 9.59 Å². The van der Waals surface area contributed by atoms with E-state index in [0.717, 1.165) is 0 Å². The van der Waals surface area contributed by atoms with Crippen molar-refractivity contribution in [3.8, 4) is 0 Å². The van der Waals surface area contributed by atoms with Gasteiger partial charge in [0, 0.05) is 29.9 Å². The zero-order chi connectivity index (χ0) is 23.0. The summed E-state index contributed by atoms with van der Waals surface area (Å²) in [7, 11) is 0. The number of hydrogen-bond donors (Lipinski definition) is 3. The fourth-order valence-electron chi connectivity index (χ4n) is 2.36. The normalized spacial score (nSPS) is 10.7. The minimum Gasteiger partial charge on any atom is -0.444 e. The summed E-state index contributed by atoms with van der Waals surface area (Å²) in [5, 5.41) is 8.01. The third-order valence-electron chi connectivity index (χ3n) is 3.74. The van der Waals surface area contributed by atoms with Crippen molar-refractivity contribution in [2.75, 3.05) is 11.9 Å². The van der Waals surface area contributed by atoms with Crippen molar-refractivity contribution in [1.82, 2.24) is 15.6 Å². The SMILES string of the molecule is C=C(CCNC(=O)OC(C)(C)C)NC(=O)c1ccc(NC(=O)c2cccc(Br)n2)cc1. The molecule has 0 fully saturated rings. The van der Waals surface area contributed by atoms with E-state index in [2.05, 4.69) is 43.4 Å². The highest BCUT2D eigenvalue weighted by Gasteiger charge is 2.16. The number of carbonyl (C=O) groups is 3. The maximum atomic E-state index is 12.3. The van der Waals surface area contributed by atoms with Crippen LogP contribution in [-0.2, 0) is 4.74 Å². The number of amides is 3. The molecule has 1 aromatic heterocycles. The molecule has 0 unspecified atom stereocenters. The molecule has 3 amide bonds. The monoisotopic (exact) mass is 488 g/mol. The number of benzene rings is 1. The number of halogens is 1. The molecule has 164 valence electrons. The molecule has 2 rings (SSSR count). The average Bonchev–Trinajstić information content (AvgIpc) is 2.67. The molecule has 1 heterocycles. The Bertz CT molecular complexity index is 968. The second-order valence-electron chi connectivity index (χ2n) is 7.61. The number of ether oxygens (including phenoxy) is 1. The Labute approximate surface area is 189 Å². The number of alkyl carbamates (subject to hydrolysis) is 1. The molecule has 0 saturated carbocycles. The van der Waals surface area contributed by atoms with Gasteiger partial charge < -0.3 is 20.7 Å². The molecule has 9 heteroatoms. The van der Waals surface area contributed by atoms with Gasteiger partial charge in [-0.05, 0) is 73.1 Å². The zero-order valence-corrected chi connectivity index (χ0v) is 19.2. The lowest BCUT2D eigenvalue weighted by atomic mass is 10.2. The molecule has 31 heavy (non-hydrogen) atoms. The molecule has 0 bridgehead atoms. The maximum absolute atomic E-state index is 12.3. The van der Waals surface area contributed by atoms with Gasteiger partial charge in [-0.2, -0.15) is 0 Å². The Morgan fingerprint density at radius 3 is 2.35 bits per heavy atom. The topological polar surface area (TPSA) is 109 Å². The van der Waals surface area contributed by atoms with Gasteiger partial charge in [0.1, 0.15) is 15.9 Å². The van der Waals surface area contributed by atoms with Gasteiger partial charge >= 0.3 is 6.09 Å². The van der Waals surface area contributed by atoms with Crippen molar-refractivity contribution < 1.29 is 19.1 Å². The van der Waals surface area contributed by atoms with Gasteiger partial charge in [-0.1, -0.05) is 12.6 Å². The van der Waals surface area contributed by atoms with Crippen LogP contribution in [-0.4, -0.2) is 35.0 Å². The first kappa shape index (κ1) is 24.1. The highest BCUT2D eigenvalue weighted by molar-refractivity contribution is 9.10. The standard InChI is InChI=1S/C22H25BrN4O4/c1-14(12-13-24-21(30)31-22(2,3)4)25-19(28)15-8-10-16(11-9-15)26-20(29)17-6-5-7-18(23)27-17/h5-11H,1,12-13H2,2-4H3,(H,24,30)(H,25,28)(H,26,29). The summed E-state index contributed by atoms with van der Waals surface area (Å²) in [4.78, 5) is 40.3. The summed E-state index contributed by atoms with van der Waals surface area (Å²) in [6, 6.07) is 11.5. The first-order valence-electron chi connectivity index (χ1n) is 9.53. The second-order valence-corrected chi connectivity index (χ2v) is 8.43. The quantitative estimate of drug-likeness (QED) is 0.504. The molecular formula is C22H25BrN4O4. The molecule has 0 saturated heterocycles. The fraction of sp³-hybridized carbons (Fsp3) is 0.273. The Kier molecular flexibility index (Phi) is 8.32. The number of hydrogen-bond acceptors (Lipinski definition) is 5.